The molecule has 2 N–H and O–H groups in total. The van der Waals surface area contributed by atoms with Gasteiger partial charge >= 0.3 is 0 Å². The van der Waals surface area contributed by atoms with Gasteiger partial charge in [0.2, 0.25) is 0 Å². The normalized spacial score (nSPS) is 22.5. The van der Waals surface area contributed by atoms with E-state index in [0.29, 0.717) is 12.6 Å². The average molecular weight is 263 g/mol. The molecule has 2 aliphatic rings. The van der Waals surface area contributed by atoms with Crippen LogP contribution in [0, 0.1) is 17.7 Å². The van der Waals surface area contributed by atoms with E-state index in [1.165, 1.54) is 37.8 Å². The highest BCUT2D eigenvalue weighted by atomic mass is 19.1. The first kappa shape index (κ1) is 13.1. The Morgan fingerprint density at radius 1 is 1.21 bits per heavy atom. The van der Waals surface area contributed by atoms with Crippen molar-refractivity contribution in [2.24, 2.45) is 11.8 Å². The van der Waals surface area contributed by atoms with E-state index >= 15 is 0 Å². The largest absolute Gasteiger partial charge is 0.384 e. The molecule has 2 fully saturated rings. The van der Waals surface area contributed by atoms with Gasteiger partial charge in [-0.2, -0.15) is 0 Å². The molecule has 104 valence electrons. The molecule has 0 radical (unpaired) electrons. The highest BCUT2D eigenvalue weighted by Crippen LogP contribution is 2.44. The lowest BCUT2D eigenvalue weighted by molar-refractivity contribution is 0.0519. The van der Waals surface area contributed by atoms with Gasteiger partial charge in [0.1, 0.15) is 5.82 Å². The minimum Gasteiger partial charge on any atom is -0.384 e. The van der Waals surface area contributed by atoms with Gasteiger partial charge in [0.25, 0.3) is 0 Å². The Bertz CT molecular complexity index is 423. The number of rotatable bonds is 6. The first-order valence-corrected chi connectivity index (χ1v) is 7.28. The van der Waals surface area contributed by atoms with Crippen molar-refractivity contribution in [3.63, 3.8) is 0 Å². The van der Waals surface area contributed by atoms with Crippen molar-refractivity contribution in [3.05, 3.63) is 35.6 Å². The van der Waals surface area contributed by atoms with Gasteiger partial charge in [-0.15, -0.1) is 0 Å². The Hall–Kier alpha value is -0.930. The fraction of sp³-hybridized carbons (Fsp3) is 0.625. The summed E-state index contributed by atoms with van der Waals surface area (Å²) in [4.78, 5) is 0. The van der Waals surface area contributed by atoms with Crippen LogP contribution in [0.3, 0.4) is 0 Å². The van der Waals surface area contributed by atoms with Gasteiger partial charge in [0.15, 0.2) is 0 Å². The van der Waals surface area contributed by atoms with Crippen molar-refractivity contribution in [2.45, 2.75) is 44.2 Å². The molecule has 0 unspecified atom stereocenters. The lowest BCUT2D eigenvalue weighted by Gasteiger charge is -2.28. The second kappa shape index (κ2) is 4.88. The lowest BCUT2D eigenvalue weighted by atomic mass is 9.95. The molecule has 0 bridgehead atoms. The minimum absolute atomic E-state index is 0.263. The van der Waals surface area contributed by atoms with Gasteiger partial charge in [0, 0.05) is 12.6 Å². The summed E-state index contributed by atoms with van der Waals surface area (Å²) in [6.07, 6.45) is 5.30. The number of aliphatic hydroxyl groups is 1. The van der Waals surface area contributed by atoms with E-state index in [9.17, 15) is 9.50 Å². The summed E-state index contributed by atoms with van der Waals surface area (Å²) in [5, 5.41) is 14.1. The molecule has 1 aromatic carbocycles. The molecule has 2 saturated carbocycles. The van der Waals surface area contributed by atoms with Crippen molar-refractivity contribution >= 4 is 0 Å². The maximum absolute atomic E-state index is 12.9. The van der Waals surface area contributed by atoms with Gasteiger partial charge in [-0.3, -0.25) is 0 Å². The number of hydrogen-bond acceptors (Lipinski definition) is 2. The van der Waals surface area contributed by atoms with Gasteiger partial charge in [-0.05, 0) is 62.1 Å². The number of halogens is 1. The van der Waals surface area contributed by atoms with E-state index in [1.54, 1.807) is 19.1 Å². The quantitative estimate of drug-likeness (QED) is 0.827. The maximum atomic E-state index is 12.9. The van der Waals surface area contributed by atoms with Crippen LogP contribution in [0.5, 0.6) is 0 Å². The van der Waals surface area contributed by atoms with Crippen LogP contribution in [0.25, 0.3) is 0 Å². The third-order valence-corrected chi connectivity index (χ3v) is 4.41. The molecule has 2 aliphatic carbocycles. The zero-order valence-corrected chi connectivity index (χ0v) is 11.4. The Morgan fingerprint density at radius 3 is 2.21 bits per heavy atom. The maximum Gasteiger partial charge on any atom is 0.123 e. The van der Waals surface area contributed by atoms with Gasteiger partial charge in [0.05, 0.1) is 5.60 Å². The van der Waals surface area contributed by atoms with Crippen LogP contribution >= 0.6 is 0 Å². The fourth-order valence-corrected chi connectivity index (χ4v) is 2.86. The SMILES string of the molecule is C[C@@](O)(CNC(C1CC1)C1CC1)c1ccc(F)cc1. The molecule has 2 nitrogen and oxygen atoms in total. The highest BCUT2D eigenvalue weighted by Gasteiger charge is 2.41. The Labute approximate surface area is 114 Å². The van der Waals surface area contributed by atoms with Crippen molar-refractivity contribution < 1.29 is 9.50 Å². The van der Waals surface area contributed by atoms with E-state index in [2.05, 4.69) is 5.32 Å². The van der Waals surface area contributed by atoms with Crippen molar-refractivity contribution in [3.8, 4) is 0 Å². The summed E-state index contributed by atoms with van der Waals surface area (Å²) >= 11 is 0. The second-order valence-electron chi connectivity index (χ2n) is 6.36. The second-order valence-corrected chi connectivity index (χ2v) is 6.36. The molecule has 0 amide bonds. The number of hydrogen-bond donors (Lipinski definition) is 2. The molecule has 0 heterocycles. The van der Waals surface area contributed by atoms with Crippen LogP contribution in [0.15, 0.2) is 24.3 Å². The molecule has 1 aromatic rings. The standard InChI is InChI=1S/C16H22FNO/c1-16(19,13-6-8-14(17)9-7-13)10-18-15(11-2-3-11)12-4-5-12/h6-9,11-12,15,18-19H,2-5,10H2,1H3/t16-/m1/s1. The topological polar surface area (TPSA) is 32.3 Å². The van der Waals surface area contributed by atoms with Crippen molar-refractivity contribution in [1.82, 2.24) is 5.32 Å². The molecular formula is C16H22FNO. The van der Waals surface area contributed by atoms with Gasteiger partial charge in [-0.25, -0.2) is 4.39 Å². The van der Waals surface area contributed by atoms with E-state index in [1.807, 2.05) is 0 Å². The smallest absolute Gasteiger partial charge is 0.123 e. The zero-order chi connectivity index (χ0) is 13.5. The third-order valence-electron chi connectivity index (χ3n) is 4.41. The average Bonchev–Trinajstić information content (AvgIpc) is 3.24. The minimum atomic E-state index is -0.935. The molecule has 0 spiro atoms. The molecule has 0 aliphatic heterocycles. The lowest BCUT2D eigenvalue weighted by Crippen LogP contribution is -2.42. The predicted molar refractivity (Wildman–Crippen MR) is 73.2 cm³/mol. The van der Waals surface area contributed by atoms with Crippen LogP contribution in [0.1, 0.15) is 38.2 Å². The molecule has 19 heavy (non-hydrogen) atoms. The van der Waals surface area contributed by atoms with Crippen LogP contribution in [0.4, 0.5) is 4.39 Å². The summed E-state index contributed by atoms with van der Waals surface area (Å²) in [6.45, 7) is 2.33. The molecule has 3 heteroatoms. The molecule has 0 saturated heterocycles. The van der Waals surface area contributed by atoms with E-state index < -0.39 is 5.60 Å². The van der Waals surface area contributed by atoms with Crippen molar-refractivity contribution in [1.29, 1.82) is 0 Å². The molecule has 0 aromatic heterocycles. The van der Waals surface area contributed by atoms with E-state index in [0.717, 1.165) is 17.4 Å². The molecular weight excluding hydrogens is 241 g/mol. The predicted octanol–water partition coefficient (Wildman–Crippen LogP) is 2.81. The fourth-order valence-electron chi connectivity index (χ4n) is 2.86. The van der Waals surface area contributed by atoms with Crippen LogP contribution in [0.2, 0.25) is 0 Å². The number of benzene rings is 1. The third kappa shape index (κ3) is 3.15. The molecule has 1 atom stereocenters. The van der Waals surface area contributed by atoms with Crippen LogP contribution < -0.4 is 5.32 Å². The van der Waals surface area contributed by atoms with Gasteiger partial charge in [-0.1, -0.05) is 12.1 Å². The highest BCUT2D eigenvalue weighted by molar-refractivity contribution is 5.22. The number of nitrogens with one attached hydrogen (secondary N) is 1. The van der Waals surface area contributed by atoms with Crippen LogP contribution in [-0.4, -0.2) is 17.7 Å². The summed E-state index contributed by atoms with van der Waals surface area (Å²) in [6, 6.07) is 6.72. The first-order chi connectivity index (χ1) is 9.06. The van der Waals surface area contributed by atoms with Crippen LogP contribution in [-0.2, 0) is 5.60 Å². The summed E-state index contributed by atoms with van der Waals surface area (Å²) in [5.74, 6) is 1.37. The van der Waals surface area contributed by atoms with Crippen molar-refractivity contribution in [2.75, 3.05) is 6.54 Å². The van der Waals surface area contributed by atoms with Gasteiger partial charge < -0.3 is 10.4 Å². The molecule has 3 rings (SSSR count). The summed E-state index contributed by atoms with van der Waals surface area (Å²) in [7, 11) is 0. The summed E-state index contributed by atoms with van der Waals surface area (Å²) in [5.41, 5.74) is -0.165. The van der Waals surface area contributed by atoms with E-state index in [-0.39, 0.29) is 5.82 Å². The Balaban J connectivity index is 1.62. The Morgan fingerprint density at radius 2 is 1.74 bits per heavy atom. The summed E-state index contributed by atoms with van der Waals surface area (Å²) < 4.78 is 12.9. The zero-order valence-electron chi connectivity index (χ0n) is 11.4. The van der Waals surface area contributed by atoms with E-state index in [4.69, 9.17) is 0 Å². The monoisotopic (exact) mass is 263 g/mol. The Kier molecular flexibility index (Phi) is 3.35. The first-order valence-electron chi connectivity index (χ1n) is 7.28.